The predicted octanol–water partition coefficient (Wildman–Crippen LogP) is 4.54. The Kier molecular flexibility index (Phi) is 2.06. The van der Waals surface area contributed by atoms with Crippen LogP contribution in [0.15, 0.2) is 59.1 Å². The zero-order chi connectivity index (χ0) is 13.3. The Morgan fingerprint density at radius 2 is 1.65 bits per heavy atom. The average molecular weight is 323 g/mol. The summed E-state index contributed by atoms with van der Waals surface area (Å²) < 4.78 is 6.91. The van der Waals surface area contributed by atoms with Crippen LogP contribution < -0.4 is 0 Å². The fourth-order valence-corrected chi connectivity index (χ4v) is 3.60. The van der Waals surface area contributed by atoms with Crippen LogP contribution in [0.25, 0.3) is 16.7 Å². The number of ether oxygens (including phenoxy) is 1. The Labute approximate surface area is 125 Å². The molecule has 1 saturated heterocycles. The van der Waals surface area contributed by atoms with Crippen LogP contribution in [0.5, 0.6) is 0 Å². The Morgan fingerprint density at radius 1 is 0.900 bits per heavy atom. The second kappa shape index (κ2) is 3.72. The molecule has 2 unspecified atom stereocenters. The number of rotatable bonds is 1. The first-order valence-corrected chi connectivity index (χ1v) is 7.60. The van der Waals surface area contributed by atoms with Gasteiger partial charge in [0.25, 0.3) is 0 Å². The van der Waals surface area contributed by atoms with Gasteiger partial charge >= 0.3 is 0 Å². The van der Waals surface area contributed by atoms with E-state index in [4.69, 9.17) is 4.74 Å². The highest BCUT2D eigenvalue weighted by Gasteiger charge is 2.50. The van der Waals surface area contributed by atoms with Crippen LogP contribution in [0.4, 0.5) is 0 Å². The zero-order valence-electron chi connectivity index (χ0n) is 10.6. The molecular formula is C18H11BrO. The molecule has 0 saturated carbocycles. The van der Waals surface area contributed by atoms with Gasteiger partial charge in [-0.2, -0.15) is 0 Å². The molecule has 0 spiro atoms. The molecule has 0 aromatic heterocycles. The summed E-state index contributed by atoms with van der Waals surface area (Å²) in [5.74, 6) is 0. The highest BCUT2D eigenvalue weighted by Crippen LogP contribution is 2.57. The van der Waals surface area contributed by atoms with Gasteiger partial charge in [-0.3, -0.25) is 0 Å². The Hall–Kier alpha value is -1.64. The van der Waals surface area contributed by atoms with Crippen LogP contribution in [0.1, 0.15) is 16.7 Å². The Morgan fingerprint density at radius 3 is 2.45 bits per heavy atom. The number of epoxide rings is 1. The highest BCUT2D eigenvalue weighted by atomic mass is 79.9. The van der Waals surface area contributed by atoms with E-state index in [2.05, 4.69) is 70.5 Å². The molecule has 0 amide bonds. The van der Waals surface area contributed by atoms with Gasteiger partial charge in [0.05, 0.1) is 0 Å². The largest absolute Gasteiger partial charge is 0.360 e. The van der Waals surface area contributed by atoms with Crippen molar-refractivity contribution in [1.82, 2.24) is 0 Å². The van der Waals surface area contributed by atoms with Gasteiger partial charge in [-0.1, -0.05) is 52.3 Å². The second-order valence-electron chi connectivity index (χ2n) is 5.44. The lowest BCUT2D eigenvalue weighted by Crippen LogP contribution is -2.16. The summed E-state index contributed by atoms with van der Waals surface area (Å²) >= 11 is 3.50. The lowest BCUT2D eigenvalue weighted by atomic mass is 9.71. The minimum Gasteiger partial charge on any atom is -0.360 e. The summed E-state index contributed by atoms with van der Waals surface area (Å²) in [5, 5.41) is 0. The van der Waals surface area contributed by atoms with E-state index in [9.17, 15) is 0 Å². The average Bonchev–Trinajstić information content (AvgIpc) is 3.21. The molecule has 1 aliphatic heterocycles. The Bertz CT molecular complexity index is 798. The van der Waals surface area contributed by atoms with Gasteiger partial charge in [-0.25, -0.2) is 0 Å². The van der Waals surface area contributed by atoms with Crippen LogP contribution in [0, 0.1) is 0 Å². The third-order valence-corrected chi connectivity index (χ3v) is 4.85. The van der Waals surface area contributed by atoms with E-state index in [1.807, 2.05) is 0 Å². The SMILES string of the molecule is Brc1ccc(C2=CC3OC3C3=C2c2ccccc23)cc1. The zero-order valence-corrected chi connectivity index (χ0v) is 12.2. The molecule has 2 atom stereocenters. The van der Waals surface area contributed by atoms with E-state index >= 15 is 0 Å². The minimum atomic E-state index is 0.278. The van der Waals surface area contributed by atoms with Gasteiger partial charge in [0, 0.05) is 10.0 Å². The lowest BCUT2D eigenvalue weighted by Gasteiger charge is -2.31. The molecule has 96 valence electrons. The normalized spacial score (nSPS) is 25.1. The molecule has 1 nitrogen and oxygen atoms in total. The van der Waals surface area contributed by atoms with Gasteiger partial charge in [-0.15, -0.1) is 0 Å². The van der Waals surface area contributed by atoms with E-state index in [1.165, 1.54) is 33.4 Å². The number of hydrogen-bond donors (Lipinski definition) is 0. The maximum Gasteiger partial charge on any atom is 0.114 e. The van der Waals surface area contributed by atoms with Crippen LogP contribution >= 0.6 is 15.9 Å². The summed E-state index contributed by atoms with van der Waals surface area (Å²) in [4.78, 5) is 0. The molecule has 5 rings (SSSR count). The van der Waals surface area contributed by atoms with E-state index in [0.29, 0.717) is 6.10 Å². The minimum absolute atomic E-state index is 0.278. The molecule has 2 aliphatic carbocycles. The quantitative estimate of drug-likeness (QED) is 0.702. The van der Waals surface area contributed by atoms with Gasteiger partial charge in [0.15, 0.2) is 0 Å². The van der Waals surface area contributed by atoms with Crippen molar-refractivity contribution in [2.24, 2.45) is 0 Å². The first kappa shape index (κ1) is 11.1. The first-order valence-electron chi connectivity index (χ1n) is 6.80. The van der Waals surface area contributed by atoms with E-state index in [-0.39, 0.29) is 6.10 Å². The fourth-order valence-electron chi connectivity index (χ4n) is 3.34. The molecule has 1 fully saturated rings. The topological polar surface area (TPSA) is 12.5 Å². The molecule has 2 heteroatoms. The van der Waals surface area contributed by atoms with Crippen molar-refractivity contribution in [3.05, 3.63) is 75.8 Å². The third-order valence-electron chi connectivity index (χ3n) is 4.32. The van der Waals surface area contributed by atoms with Crippen molar-refractivity contribution in [2.45, 2.75) is 12.2 Å². The molecule has 0 N–H and O–H groups in total. The van der Waals surface area contributed by atoms with Crippen LogP contribution in [-0.4, -0.2) is 12.2 Å². The van der Waals surface area contributed by atoms with Crippen molar-refractivity contribution in [3.8, 4) is 0 Å². The van der Waals surface area contributed by atoms with Crippen LogP contribution in [0.2, 0.25) is 0 Å². The molecule has 1 heterocycles. The smallest absolute Gasteiger partial charge is 0.114 e. The summed E-state index contributed by atoms with van der Waals surface area (Å²) in [6.45, 7) is 0. The lowest BCUT2D eigenvalue weighted by molar-refractivity contribution is 0.418. The molecule has 0 radical (unpaired) electrons. The van der Waals surface area contributed by atoms with Crippen LogP contribution in [0.3, 0.4) is 0 Å². The van der Waals surface area contributed by atoms with Gasteiger partial charge < -0.3 is 4.74 Å². The van der Waals surface area contributed by atoms with Crippen molar-refractivity contribution in [2.75, 3.05) is 0 Å². The third kappa shape index (κ3) is 1.36. The molecular weight excluding hydrogens is 312 g/mol. The first-order chi connectivity index (χ1) is 9.83. The second-order valence-corrected chi connectivity index (χ2v) is 6.36. The maximum absolute atomic E-state index is 5.80. The van der Waals surface area contributed by atoms with E-state index < -0.39 is 0 Å². The van der Waals surface area contributed by atoms with E-state index in [0.717, 1.165) is 4.47 Å². The summed E-state index contributed by atoms with van der Waals surface area (Å²) in [6, 6.07) is 17.2. The summed E-state index contributed by atoms with van der Waals surface area (Å²) in [7, 11) is 0. The van der Waals surface area contributed by atoms with Gasteiger partial charge in [-0.05, 0) is 46.0 Å². The van der Waals surface area contributed by atoms with Gasteiger partial charge in [0.1, 0.15) is 12.2 Å². The standard InChI is InChI=1S/C18H11BrO/c19-11-7-5-10(6-8-11)14-9-15-18(20-15)17-13-4-2-1-3-12(13)16(14)17/h1-9,15,18H. The summed E-state index contributed by atoms with van der Waals surface area (Å²) in [6.07, 6.45) is 2.86. The van der Waals surface area contributed by atoms with Crippen molar-refractivity contribution in [3.63, 3.8) is 0 Å². The van der Waals surface area contributed by atoms with Gasteiger partial charge in [0.2, 0.25) is 0 Å². The Balaban J connectivity index is 1.69. The number of allylic oxidation sites excluding steroid dienone is 2. The molecule has 2 aromatic carbocycles. The predicted molar refractivity (Wildman–Crippen MR) is 84.0 cm³/mol. The summed E-state index contributed by atoms with van der Waals surface area (Å²) in [5.41, 5.74) is 8.13. The highest BCUT2D eigenvalue weighted by molar-refractivity contribution is 9.10. The number of fused-ring (bicyclic) bond motifs is 5. The van der Waals surface area contributed by atoms with Crippen molar-refractivity contribution in [1.29, 1.82) is 0 Å². The molecule has 0 bridgehead atoms. The molecule has 3 aliphatic rings. The number of hydrogen-bond acceptors (Lipinski definition) is 1. The maximum atomic E-state index is 5.80. The van der Waals surface area contributed by atoms with E-state index in [1.54, 1.807) is 0 Å². The van der Waals surface area contributed by atoms with Crippen LogP contribution in [-0.2, 0) is 4.74 Å². The number of benzene rings is 2. The van der Waals surface area contributed by atoms with Crippen molar-refractivity contribution >= 4 is 32.6 Å². The molecule has 20 heavy (non-hydrogen) atoms. The fraction of sp³-hybridized carbons (Fsp3) is 0.111. The monoisotopic (exact) mass is 322 g/mol. The molecule has 2 aromatic rings. The number of halogens is 1. The van der Waals surface area contributed by atoms with Crippen molar-refractivity contribution < 1.29 is 4.74 Å².